The van der Waals surface area contributed by atoms with Crippen LogP contribution in [0.3, 0.4) is 0 Å². The molecular weight excluding hydrogens is 512 g/mol. The lowest BCUT2D eigenvalue weighted by Crippen LogP contribution is -2.33. The van der Waals surface area contributed by atoms with E-state index in [0.29, 0.717) is 18.9 Å². The van der Waals surface area contributed by atoms with E-state index in [4.69, 9.17) is 9.47 Å². The monoisotopic (exact) mass is 551 g/mol. The van der Waals surface area contributed by atoms with E-state index in [0.717, 1.165) is 84.2 Å². The van der Waals surface area contributed by atoms with Crippen LogP contribution < -0.4 is 14.7 Å². The highest BCUT2D eigenvalue weighted by atomic mass is 16.5. The van der Waals surface area contributed by atoms with Crippen LogP contribution in [0, 0.1) is 6.92 Å². The third kappa shape index (κ3) is 5.10. The Morgan fingerprint density at radius 1 is 1.02 bits per heavy atom. The Morgan fingerprint density at radius 3 is 2.71 bits per heavy atom. The maximum absolute atomic E-state index is 13.6. The van der Waals surface area contributed by atoms with Crippen molar-refractivity contribution in [3.05, 3.63) is 83.3 Å². The zero-order chi connectivity index (χ0) is 28.3. The van der Waals surface area contributed by atoms with Gasteiger partial charge in [-0.1, -0.05) is 54.6 Å². The van der Waals surface area contributed by atoms with Gasteiger partial charge < -0.3 is 19.4 Å². The number of fused-ring (bicyclic) bond motifs is 3. The molecule has 0 fully saturated rings. The minimum absolute atomic E-state index is 0.246. The Labute approximate surface area is 241 Å². The van der Waals surface area contributed by atoms with Gasteiger partial charge in [0, 0.05) is 36.3 Å². The second kappa shape index (κ2) is 11.8. The number of rotatable bonds is 7. The van der Waals surface area contributed by atoms with Crippen molar-refractivity contribution in [2.75, 3.05) is 19.8 Å². The first-order valence-electron chi connectivity index (χ1n) is 14.8. The molecule has 2 aromatic heterocycles. The Hall–Kier alpha value is -4.10. The number of aromatic nitrogens is 3. The summed E-state index contributed by atoms with van der Waals surface area (Å²) in [5, 5.41) is 10.6. The lowest BCUT2D eigenvalue weighted by Gasteiger charge is -2.13. The summed E-state index contributed by atoms with van der Waals surface area (Å²) in [5.74, 6) is 0.647. The van der Waals surface area contributed by atoms with Crippen molar-refractivity contribution < 1.29 is 19.0 Å². The zero-order valence-electron chi connectivity index (χ0n) is 24.3. The van der Waals surface area contributed by atoms with Crippen molar-refractivity contribution in [1.82, 2.24) is 15.0 Å². The lowest BCUT2D eigenvalue weighted by molar-refractivity contribution is -0.732. The molecule has 0 bridgehead atoms. The van der Waals surface area contributed by atoms with Crippen LogP contribution in [0.5, 0.6) is 5.75 Å². The quantitative estimate of drug-likeness (QED) is 0.148. The van der Waals surface area contributed by atoms with E-state index in [9.17, 15) is 4.79 Å². The molecule has 1 aliphatic heterocycles. The van der Waals surface area contributed by atoms with Gasteiger partial charge in [-0.25, -0.2) is 4.79 Å². The third-order valence-corrected chi connectivity index (χ3v) is 8.26. The van der Waals surface area contributed by atoms with E-state index in [1.54, 1.807) is 0 Å². The van der Waals surface area contributed by atoms with Gasteiger partial charge in [-0.15, -0.1) is 4.68 Å². The van der Waals surface area contributed by atoms with Gasteiger partial charge in [-0.05, 0) is 56.2 Å². The Kier molecular flexibility index (Phi) is 7.79. The molecule has 0 saturated carbocycles. The number of para-hydroxylation sites is 1. The summed E-state index contributed by atoms with van der Waals surface area (Å²) in [6, 6.07) is 20.9. The van der Waals surface area contributed by atoms with E-state index in [-0.39, 0.29) is 5.97 Å². The largest absolute Gasteiger partial charge is 0.493 e. The number of carbonyl (C=O) groups excluding carboxylic acids is 1. The summed E-state index contributed by atoms with van der Waals surface area (Å²) in [6.45, 7) is 7.40. The van der Waals surface area contributed by atoms with Gasteiger partial charge in [0.1, 0.15) is 17.1 Å². The van der Waals surface area contributed by atoms with E-state index < -0.39 is 0 Å². The average Bonchev–Trinajstić information content (AvgIpc) is 3.44. The number of ether oxygens (including phenoxy) is 2. The first-order chi connectivity index (χ1) is 20.1. The topological polar surface area (TPSA) is 72.2 Å². The number of carbonyl (C=O) groups is 1. The molecule has 0 amide bonds. The van der Waals surface area contributed by atoms with Crippen molar-refractivity contribution in [2.24, 2.45) is 7.05 Å². The molecular formula is C34H39N4O3+. The fourth-order valence-electron chi connectivity index (χ4n) is 6.29. The van der Waals surface area contributed by atoms with Gasteiger partial charge in [-0.3, -0.25) is 0 Å². The summed E-state index contributed by atoms with van der Waals surface area (Å²) in [6.07, 6.45) is 3.51. The molecule has 212 valence electrons. The molecule has 5 aromatic rings. The Bertz CT molecular complexity index is 1710. The second-order valence-electron chi connectivity index (χ2n) is 10.8. The van der Waals surface area contributed by atoms with Crippen LogP contribution in [0.2, 0.25) is 0 Å². The highest BCUT2D eigenvalue weighted by Crippen LogP contribution is 2.38. The molecule has 6 rings (SSSR count). The van der Waals surface area contributed by atoms with Gasteiger partial charge in [0.15, 0.2) is 7.05 Å². The van der Waals surface area contributed by atoms with Crippen LogP contribution in [0.15, 0.2) is 60.7 Å². The van der Waals surface area contributed by atoms with Crippen molar-refractivity contribution in [1.29, 1.82) is 0 Å². The molecule has 0 aliphatic carbocycles. The minimum atomic E-state index is -0.246. The van der Waals surface area contributed by atoms with E-state index in [1.807, 2.05) is 31.2 Å². The van der Waals surface area contributed by atoms with Gasteiger partial charge in [0.05, 0.1) is 24.3 Å². The number of benzene rings is 3. The highest BCUT2D eigenvalue weighted by molar-refractivity contribution is 6.04. The molecule has 1 aliphatic rings. The highest BCUT2D eigenvalue weighted by Gasteiger charge is 2.29. The number of aryl methyl sites for hydroxylation is 3. The van der Waals surface area contributed by atoms with Crippen LogP contribution in [0.25, 0.3) is 32.8 Å². The molecule has 0 radical (unpaired) electrons. The zero-order valence-corrected chi connectivity index (χ0v) is 24.3. The summed E-state index contributed by atoms with van der Waals surface area (Å²) < 4.78 is 16.3. The summed E-state index contributed by atoms with van der Waals surface area (Å²) in [7, 11) is 2.05. The SMILES string of the molecule is CCOC(=O)c1c(CCCOc2cccc3ccccc23)c2cccc3c2n1CCCCNCc1[nH][n+](C)c(C)c1-3. The summed E-state index contributed by atoms with van der Waals surface area (Å²) in [5.41, 5.74) is 7.54. The average molecular weight is 552 g/mol. The molecule has 41 heavy (non-hydrogen) atoms. The smallest absolute Gasteiger partial charge is 0.355 e. The summed E-state index contributed by atoms with van der Waals surface area (Å²) in [4.78, 5) is 13.6. The van der Waals surface area contributed by atoms with Crippen molar-refractivity contribution in [3.8, 4) is 16.9 Å². The summed E-state index contributed by atoms with van der Waals surface area (Å²) >= 11 is 0. The fourth-order valence-corrected chi connectivity index (χ4v) is 6.29. The van der Waals surface area contributed by atoms with Crippen molar-refractivity contribution >= 4 is 27.6 Å². The van der Waals surface area contributed by atoms with E-state index in [1.165, 1.54) is 16.6 Å². The van der Waals surface area contributed by atoms with E-state index in [2.05, 4.69) is 70.0 Å². The van der Waals surface area contributed by atoms with Crippen molar-refractivity contribution in [3.63, 3.8) is 0 Å². The number of nitrogens with one attached hydrogen (secondary N) is 2. The Balaban J connectivity index is 1.42. The molecule has 7 heteroatoms. The first-order valence-corrected chi connectivity index (χ1v) is 14.8. The molecule has 2 N–H and O–H groups in total. The van der Waals surface area contributed by atoms with Crippen molar-refractivity contribution in [2.45, 2.75) is 52.6 Å². The van der Waals surface area contributed by atoms with Gasteiger partial charge in [-0.2, -0.15) is 5.10 Å². The van der Waals surface area contributed by atoms with Crippen LogP contribution in [0.1, 0.15) is 53.6 Å². The minimum Gasteiger partial charge on any atom is -0.493 e. The fraction of sp³-hybridized carbons (Fsp3) is 0.353. The molecule has 7 nitrogen and oxygen atoms in total. The number of esters is 1. The maximum Gasteiger partial charge on any atom is 0.355 e. The van der Waals surface area contributed by atoms with Crippen LogP contribution in [-0.4, -0.2) is 35.4 Å². The molecule has 3 heterocycles. The van der Waals surface area contributed by atoms with Crippen LogP contribution in [0.4, 0.5) is 0 Å². The lowest BCUT2D eigenvalue weighted by atomic mass is 9.98. The van der Waals surface area contributed by atoms with E-state index >= 15 is 0 Å². The molecule has 0 unspecified atom stereocenters. The van der Waals surface area contributed by atoms with Gasteiger partial charge >= 0.3 is 5.97 Å². The second-order valence-corrected chi connectivity index (χ2v) is 10.8. The predicted molar refractivity (Wildman–Crippen MR) is 162 cm³/mol. The van der Waals surface area contributed by atoms with Gasteiger partial charge in [0.2, 0.25) is 5.69 Å². The molecule has 0 atom stereocenters. The maximum atomic E-state index is 13.6. The number of hydrogen-bond acceptors (Lipinski definition) is 4. The normalized spacial score (nSPS) is 13.6. The third-order valence-electron chi connectivity index (χ3n) is 8.26. The molecule has 0 spiro atoms. The number of nitrogens with zero attached hydrogens (tertiary/aromatic N) is 2. The molecule has 0 saturated heterocycles. The molecule has 3 aromatic carbocycles. The van der Waals surface area contributed by atoms with Crippen LogP contribution >= 0.6 is 0 Å². The number of aromatic amines is 1. The first kappa shape index (κ1) is 27.1. The predicted octanol–water partition coefficient (Wildman–Crippen LogP) is 5.99. The Morgan fingerprint density at radius 2 is 1.83 bits per heavy atom. The van der Waals surface area contributed by atoms with Crippen LogP contribution in [-0.2, 0) is 31.3 Å². The number of hydrogen-bond donors (Lipinski definition) is 2. The standard InChI is InChI=1S/C34H38N4O3/c1-4-40-34(39)33-27(17-11-21-41-30-18-9-13-24-12-5-6-14-25(24)30)26-15-10-16-28-31-23(2)37(3)36-29(31)22-35-19-7-8-20-38(33)32(26)28/h5-6,9-10,12-16,18,35H,4,7-8,11,17,19-22H2,1-3H3/p+1. The number of H-pyrrole nitrogens is 1. The van der Waals surface area contributed by atoms with Gasteiger partial charge in [0.25, 0.3) is 0 Å².